The summed E-state index contributed by atoms with van der Waals surface area (Å²) in [5.41, 5.74) is 3.20. The average Bonchev–Trinajstić information content (AvgIpc) is 2.45. The summed E-state index contributed by atoms with van der Waals surface area (Å²) in [5, 5.41) is 0. The summed E-state index contributed by atoms with van der Waals surface area (Å²) in [7, 11) is 0. The van der Waals surface area contributed by atoms with E-state index in [1.807, 2.05) is 30.3 Å². The van der Waals surface area contributed by atoms with Gasteiger partial charge in [-0.3, -0.25) is 0 Å². The summed E-state index contributed by atoms with van der Waals surface area (Å²) >= 11 is 0. The first-order valence-corrected chi connectivity index (χ1v) is 6.68. The number of benzene rings is 2. The second kappa shape index (κ2) is 4.88. The van der Waals surface area contributed by atoms with Gasteiger partial charge in [0.2, 0.25) is 0 Å². The molecule has 1 heterocycles. The minimum absolute atomic E-state index is 0.211. The molecule has 3 rings (SSSR count). The zero-order valence-corrected chi connectivity index (χ0v) is 10.9. The third-order valence-corrected chi connectivity index (χ3v) is 3.56. The largest absolute Gasteiger partial charge is 0.457 e. The van der Waals surface area contributed by atoms with Crippen molar-refractivity contribution < 1.29 is 9.53 Å². The Hall–Kier alpha value is -2.09. The van der Waals surface area contributed by atoms with Gasteiger partial charge in [-0.05, 0) is 24.1 Å². The molecule has 96 valence electrons. The van der Waals surface area contributed by atoms with Crippen molar-refractivity contribution in [2.45, 2.75) is 25.7 Å². The van der Waals surface area contributed by atoms with Gasteiger partial charge in [-0.1, -0.05) is 43.7 Å². The van der Waals surface area contributed by atoms with Crippen LogP contribution in [0.25, 0.3) is 0 Å². The number of rotatable bonds is 3. The second-order valence-electron chi connectivity index (χ2n) is 4.88. The van der Waals surface area contributed by atoms with Crippen LogP contribution >= 0.6 is 0 Å². The van der Waals surface area contributed by atoms with Crippen LogP contribution in [0.1, 0.15) is 36.0 Å². The van der Waals surface area contributed by atoms with Gasteiger partial charge in [-0.2, -0.15) is 0 Å². The Balaban J connectivity index is 2.10. The maximum atomic E-state index is 11.5. The SMILES string of the molecule is CCCc1ccc2c(c1)C(C=O)c1ccccc1O2. The number of fused-ring (bicyclic) bond motifs is 2. The van der Waals surface area contributed by atoms with Gasteiger partial charge in [0.25, 0.3) is 0 Å². The number of para-hydroxylation sites is 1. The Morgan fingerprint density at radius 3 is 2.68 bits per heavy atom. The molecule has 0 radical (unpaired) electrons. The lowest BCUT2D eigenvalue weighted by Crippen LogP contribution is -2.11. The first-order valence-electron chi connectivity index (χ1n) is 6.68. The van der Waals surface area contributed by atoms with Crippen LogP contribution in [0.3, 0.4) is 0 Å². The highest BCUT2D eigenvalue weighted by Gasteiger charge is 2.26. The molecule has 2 aromatic rings. The quantitative estimate of drug-likeness (QED) is 0.769. The highest BCUT2D eigenvalue weighted by Crippen LogP contribution is 2.43. The van der Waals surface area contributed by atoms with Crippen molar-refractivity contribution in [2.24, 2.45) is 0 Å². The molecule has 0 aromatic heterocycles. The van der Waals surface area contributed by atoms with Crippen molar-refractivity contribution in [3.8, 4) is 11.5 Å². The zero-order chi connectivity index (χ0) is 13.2. The van der Waals surface area contributed by atoms with Crippen molar-refractivity contribution in [2.75, 3.05) is 0 Å². The van der Waals surface area contributed by atoms with E-state index in [4.69, 9.17) is 4.74 Å². The Morgan fingerprint density at radius 1 is 1.11 bits per heavy atom. The molecule has 1 unspecified atom stereocenters. The molecule has 0 saturated carbocycles. The highest BCUT2D eigenvalue weighted by molar-refractivity contribution is 5.74. The summed E-state index contributed by atoms with van der Waals surface area (Å²) in [5.74, 6) is 1.38. The Labute approximate surface area is 113 Å². The number of hydrogen-bond acceptors (Lipinski definition) is 2. The standard InChI is InChI=1S/C17H16O2/c1-2-5-12-8-9-17-14(10-12)15(11-18)13-6-3-4-7-16(13)19-17/h3-4,6-11,15H,2,5H2,1H3. The van der Waals surface area contributed by atoms with Crippen LogP contribution in [0.2, 0.25) is 0 Å². The summed E-state index contributed by atoms with van der Waals surface area (Å²) in [4.78, 5) is 11.5. The third kappa shape index (κ3) is 2.03. The molecule has 2 heteroatoms. The van der Waals surface area contributed by atoms with E-state index in [0.717, 1.165) is 41.8 Å². The fraction of sp³-hybridized carbons (Fsp3) is 0.235. The summed E-state index contributed by atoms with van der Waals surface area (Å²) < 4.78 is 5.88. The van der Waals surface area contributed by atoms with Gasteiger partial charge in [-0.25, -0.2) is 0 Å². The smallest absolute Gasteiger partial charge is 0.132 e. The molecule has 0 saturated heterocycles. The molecule has 0 aliphatic carbocycles. The number of hydrogen-bond donors (Lipinski definition) is 0. The first kappa shape index (κ1) is 12.0. The molecule has 0 N–H and O–H groups in total. The maximum absolute atomic E-state index is 11.5. The van der Waals surface area contributed by atoms with Crippen LogP contribution in [0.4, 0.5) is 0 Å². The molecule has 0 fully saturated rings. The van der Waals surface area contributed by atoms with Gasteiger partial charge in [0.1, 0.15) is 17.8 Å². The third-order valence-electron chi connectivity index (χ3n) is 3.56. The summed E-state index contributed by atoms with van der Waals surface area (Å²) in [6.45, 7) is 2.16. The van der Waals surface area contributed by atoms with Gasteiger partial charge in [-0.15, -0.1) is 0 Å². The van der Waals surface area contributed by atoms with Gasteiger partial charge >= 0.3 is 0 Å². The normalized spacial score (nSPS) is 16.2. The van der Waals surface area contributed by atoms with Crippen molar-refractivity contribution in [1.29, 1.82) is 0 Å². The molecule has 19 heavy (non-hydrogen) atoms. The maximum Gasteiger partial charge on any atom is 0.132 e. The first-order chi connectivity index (χ1) is 9.33. The molecular formula is C17H16O2. The second-order valence-corrected chi connectivity index (χ2v) is 4.88. The van der Waals surface area contributed by atoms with Crippen LogP contribution in [0.15, 0.2) is 42.5 Å². The molecule has 1 aliphatic rings. The van der Waals surface area contributed by atoms with Crippen LogP contribution in [0, 0.1) is 0 Å². The van der Waals surface area contributed by atoms with Gasteiger partial charge < -0.3 is 9.53 Å². The van der Waals surface area contributed by atoms with E-state index in [-0.39, 0.29) is 5.92 Å². The zero-order valence-electron chi connectivity index (χ0n) is 10.9. The number of carbonyl (C=O) groups is 1. The fourth-order valence-corrected chi connectivity index (χ4v) is 2.64. The monoisotopic (exact) mass is 252 g/mol. The molecule has 1 atom stereocenters. The Kier molecular flexibility index (Phi) is 3.08. The van der Waals surface area contributed by atoms with Crippen LogP contribution in [-0.4, -0.2) is 6.29 Å². The number of aldehydes is 1. The molecular weight excluding hydrogens is 236 g/mol. The fourth-order valence-electron chi connectivity index (χ4n) is 2.64. The predicted molar refractivity (Wildman–Crippen MR) is 74.9 cm³/mol. The lowest BCUT2D eigenvalue weighted by molar-refractivity contribution is -0.108. The van der Waals surface area contributed by atoms with E-state index in [0.29, 0.717) is 0 Å². The van der Waals surface area contributed by atoms with Crippen LogP contribution in [0.5, 0.6) is 11.5 Å². The van der Waals surface area contributed by atoms with E-state index < -0.39 is 0 Å². The Morgan fingerprint density at radius 2 is 1.89 bits per heavy atom. The van der Waals surface area contributed by atoms with E-state index in [1.165, 1.54) is 5.56 Å². The minimum atomic E-state index is -0.211. The molecule has 2 aromatic carbocycles. The minimum Gasteiger partial charge on any atom is -0.457 e. The lowest BCUT2D eigenvalue weighted by Gasteiger charge is -2.25. The van der Waals surface area contributed by atoms with E-state index in [1.54, 1.807) is 0 Å². The van der Waals surface area contributed by atoms with Crippen LogP contribution in [-0.2, 0) is 11.2 Å². The van der Waals surface area contributed by atoms with Crippen molar-refractivity contribution >= 4 is 6.29 Å². The van der Waals surface area contributed by atoms with Crippen molar-refractivity contribution in [1.82, 2.24) is 0 Å². The van der Waals surface area contributed by atoms with Gasteiger partial charge in [0.05, 0.1) is 5.92 Å². The van der Waals surface area contributed by atoms with Crippen molar-refractivity contribution in [3.63, 3.8) is 0 Å². The van der Waals surface area contributed by atoms with E-state index >= 15 is 0 Å². The summed E-state index contributed by atoms with van der Waals surface area (Å²) in [6, 6.07) is 13.9. The molecule has 0 bridgehead atoms. The van der Waals surface area contributed by atoms with Crippen molar-refractivity contribution in [3.05, 3.63) is 59.2 Å². The molecule has 2 nitrogen and oxygen atoms in total. The van der Waals surface area contributed by atoms with E-state index in [9.17, 15) is 4.79 Å². The van der Waals surface area contributed by atoms with E-state index in [2.05, 4.69) is 19.1 Å². The van der Waals surface area contributed by atoms with Gasteiger partial charge in [0, 0.05) is 11.1 Å². The Bertz CT molecular complexity index is 616. The van der Waals surface area contributed by atoms with Gasteiger partial charge in [0.15, 0.2) is 0 Å². The highest BCUT2D eigenvalue weighted by atomic mass is 16.5. The predicted octanol–water partition coefficient (Wildman–Crippen LogP) is 4.08. The molecule has 1 aliphatic heterocycles. The number of carbonyl (C=O) groups excluding carboxylic acids is 1. The topological polar surface area (TPSA) is 26.3 Å². The average molecular weight is 252 g/mol. The number of aryl methyl sites for hydroxylation is 1. The summed E-state index contributed by atoms with van der Waals surface area (Å²) in [6.07, 6.45) is 3.14. The van der Waals surface area contributed by atoms with Crippen LogP contribution < -0.4 is 4.74 Å². The molecule has 0 spiro atoms. The number of ether oxygens (including phenoxy) is 1. The lowest BCUT2D eigenvalue weighted by atomic mass is 9.88. The molecule has 0 amide bonds.